The van der Waals surface area contributed by atoms with Gasteiger partial charge < -0.3 is 9.47 Å². The van der Waals surface area contributed by atoms with Crippen molar-refractivity contribution in [2.45, 2.75) is 39.5 Å². The van der Waals surface area contributed by atoms with Crippen LogP contribution in [0.25, 0.3) is 5.57 Å². The third-order valence-electron chi connectivity index (χ3n) is 5.05. The third kappa shape index (κ3) is 3.65. The lowest BCUT2D eigenvalue weighted by Crippen LogP contribution is -2.31. The molecule has 5 nitrogen and oxygen atoms in total. The summed E-state index contributed by atoms with van der Waals surface area (Å²) in [6.07, 6.45) is 0. The molecule has 0 aromatic heterocycles. The smallest absolute Gasteiger partial charge is 0.268 e. The molecule has 2 aliphatic rings. The molecular formula is C23H23NO4S. The van der Waals surface area contributed by atoms with E-state index in [-0.39, 0.29) is 30.4 Å². The number of aryl methyl sites for hydroxylation is 2. The maximum atomic E-state index is 13.3. The third-order valence-corrected chi connectivity index (χ3v) is 6.14. The van der Waals surface area contributed by atoms with Gasteiger partial charge in [-0.05, 0) is 48.2 Å². The first-order valence-electron chi connectivity index (χ1n) is 9.58. The van der Waals surface area contributed by atoms with Crippen molar-refractivity contribution in [2.75, 3.05) is 6.79 Å². The van der Waals surface area contributed by atoms with E-state index in [4.69, 9.17) is 9.47 Å². The number of benzene rings is 2. The Kier molecular flexibility index (Phi) is 5.13. The van der Waals surface area contributed by atoms with E-state index in [0.29, 0.717) is 22.0 Å². The molecule has 0 aliphatic carbocycles. The molecule has 2 aromatic carbocycles. The second-order valence-electron chi connectivity index (χ2n) is 7.55. The maximum Gasteiger partial charge on any atom is 0.268 e. The largest absolute Gasteiger partial charge is 0.454 e. The van der Waals surface area contributed by atoms with Crippen molar-refractivity contribution in [2.24, 2.45) is 0 Å². The van der Waals surface area contributed by atoms with E-state index >= 15 is 0 Å². The van der Waals surface area contributed by atoms with Crippen LogP contribution in [0.5, 0.6) is 11.5 Å². The number of amides is 2. The molecule has 0 unspecified atom stereocenters. The normalized spacial score (nSPS) is 15.8. The number of hydrogen-bond donors (Lipinski definition) is 0. The molecule has 0 radical (unpaired) electrons. The van der Waals surface area contributed by atoms with Gasteiger partial charge in [0.25, 0.3) is 11.8 Å². The van der Waals surface area contributed by atoms with Gasteiger partial charge in [0, 0.05) is 5.25 Å². The SMILES string of the molecule is Cc1ccc(C2=C(SC(C)C)C(=O)N(Cc3ccc4c(c3)OCO4)C2=O)cc1C. The number of ether oxygens (including phenoxy) is 2. The number of thioether (sulfide) groups is 1. The minimum absolute atomic E-state index is 0.189. The highest BCUT2D eigenvalue weighted by molar-refractivity contribution is 8.04. The summed E-state index contributed by atoms with van der Waals surface area (Å²) in [5.41, 5.74) is 4.37. The fourth-order valence-electron chi connectivity index (χ4n) is 3.42. The van der Waals surface area contributed by atoms with E-state index in [1.165, 1.54) is 16.7 Å². The van der Waals surface area contributed by atoms with Gasteiger partial charge in [0.2, 0.25) is 6.79 Å². The van der Waals surface area contributed by atoms with E-state index < -0.39 is 0 Å². The van der Waals surface area contributed by atoms with Crippen LogP contribution in [0, 0.1) is 13.8 Å². The predicted octanol–water partition coefficient (Wildman–Crippen LogP) is 4.45. The lowest BCUT2D eigenvalue weighted by atomic mass is 10.0. The molecule has 0 spiro atoms. The van der Waals surface area contributed by atoms with Gasteiger partial charge in [0.05, 0.1) is 17.0 Å². The molecule has 0 fully saturated rings. The number of nitrogens with zero attached hydrogens (tertiary/aromatic N) is 1. The molecule has 0 atom stereocenters. The molecule has 2 heterocycles. The van der Waals surface area contributed by atoms with E-state index in [1.54, 1.807) is 0 Å². The number of fused-ring (bicyclic) bond motifs is 1. The highest BCUT2D eigenvalue weighted by Crippen LogP contribution is 2.39. The summed E-state index contributed by atoms with van der Waals surface area (Å²) in [6.45, 7) is 8.48. The average Bonchev–Trinajstić information content (AvgIpc) is 3.22. The van der Waals surface area contributed by atoms with Crippen LogP contribution in [0.3, 0.4) is 0 Å². The van der Waals surface area contributed by atoms with Gasteiger partial charge in [-0.25, -0.2) is 0 Å². The van der Waals surface area contributed by atoms with E-state index in [9.17, 15) is 9.59 Å². The number of carbonyl (C=O) groups is 2. The minimum atomic E-state index is -0.251. The van der Waals surface area contributed by atoms with Crippen LogP contribution in [-0.4, -0.2) is 28.8 Å². The molecule has 0 bridgehead atoms. The Bertz CT molecular complexity index is 1040. The van der Waals surface area contributed by atoms with Gasteiger partial charge in [0.15, 0.2) is 11.5 Å². The molecule has 0 saturated heterocycles. The Hall–Kier alpha value is -2.73. The summed E-state index contributed by atoms with van der Waals surface area (Å²) >= 11 is 1.44. The van der Waals surface area contributed by atoms with E-state index in [1.807, 2.05) is 64.1 Å². The van der Waals surface area contributed by atoms with Crippen LogP contribution in [0.1, 0.15) is 36.1 Å². The molecule has 2 amide bonds. The molecular weight excluding hydrogens is 386 g/mol. The van der Waals surface area contributed by atoms with Crippen molar-refractivity contribution in [1.29, 1.82) is 0 Å². The molecule has 2 aromatic rings. The quantitative estimate of drug-likeness (QED) is 0.683. The minimum Gasteiger partial charge on any atom is -0.454 e. The van der Waals surface area contributed by atoms with Crippen molar-refractivity contribution >= 4 is 29.1 Å². The van der Waals surface area contributed by atoms with Crippen LogP contribution >= 0.6 is 11.8 Å². The van der Waals surface area contributed by atoms with Crippen LogP contribution < -0.4 is 9.47 Å². The predicted molar refractivity (Wildman–Crippen MR) is 114 cm³/mol. The van der Waals surface area contributed by atoms with Gasteiger partial charge in [-0.1, -0.05) is 38.1 Å². The highest BCUT2D eigenvalue weighted by atomic mass is 32.2. The summed E-state index contributed by atoms with van der Waals surface area (Å²) in [7, 11) is 0. The molecule has 4 rings (SSSR count). The maximum absolute atomic E-state index is 13.3. The van der Waals surface area contributed by atoms with Gasteiger partial charge >= 0.3 is 0 Å². The number of hydrogen-bond acceptors (Lipinski definition) is 5. The van der Waals surface area contributed by atoms with Crippen molar-refractivity contribution in [3.05, 3.63) is 63.6 Å². The van der Waals surface area contributed by atoms with Crippen molar-refractivity contribution in [3.63, 3.8) is 0 Å². The number of imide groups is 1. The van der Waals surface area contributed by atoms with Crippen molar-refractivity contribution < 1.29 is 19.1 Å². The molecule has 150 valence electrons. The first kappa shape index (κ1) is 19.6. The van der Waals surface area contributed by atoms with Crippen LogP contribution in [0.4, 0.5) is 0 Å². The van der Waals surface area contributed by atoms with Crippen molar-refractivity contribution in [3.8, 4) is 11.5 Å². The van der Waals surface area contributed by atoms with Gasteiger partial charge in [-0.2, -0.15) is 0 Å². The molecule has 29 heavy (non-hydrogen) atoms. The van der Waals surface area contributed by atoms with E-state index in [2.05, 4.69) is 0 Å². The van der Waals surface area contributed by atoms with Crippen LogP contribution in [0.2, 0.25) is 0 Å². The second kappa shape index (κ2) is 7.59. The fraction of sp³-hybridized carbons (Fsp3) is 0.304. The first-order valence-corrected chi connectivity index (χ1v) is 10.5. The van der Waals surface area contributed by atoms with Gasteiger partial charge in [0.1, 0.15) is 0 Å². The first-order chi connectivity index (χ1) is 13.8. The Morgan fingerprint density at radius 2 is 1.72 bits per heavy atom. The Balaban J connectivity index is 1.69. The zero-order valence-corrected chi connectivity index (χ0v) is 17.8. The van der Waals surface area contributed by atoms with Gasteiger partial charge in [-0.3, -0.25) is 14.5 Å². The highest BCUT2D eigenvalue weighted by Gasteiger charge is 2.39. The zero-order valence-electron chi connectivity index (χ0n) is 16.9. The molecule has 0 saturated carbocycles. The number of rotatable bonds is 5. The zero-order chi connectivity index (χ0) is 20.7. The molecule has 0 N–H and O–H groups in total. The topological polar surface area (TPSA) is 55.8 Å². The molecule has 2 aliphatic heterocycles. The lowest BCUT2D eigenvalue weighted by Gasteiger charge is -2.16. The summed E-state index contributed by atoms with van der Waals surface area (Å²) in [5.74, 6) is 0.831. The van der Waals surface area contributed by atoms with Gasteiger partial charge in [-0.15, -0.1) is 11.8 Å². The summed E-state index contributed by atoms with van der Waals surface area (Å²) < 4.78 is 10.8. The lowest BCUT2D eigenvalue weighted by molar-refractivity contribution is -0.137. The summed E-state index contributed by atoms with van der Waals surface area (Å²) in [6, 6.07) is 11.4. The Labute approximate surface area is 174 Å². The Morgan fingerprint density at radius 3 is 2.45 bits per heavy atom. The van der Waals surface area contributed by atoms with E-state index in [0.717, 1.165) is 22.3 Å². The Morgan fingerprint density at radius 1 is 0.966 bits per heavy atom. The van der Waals surface area contributed by atoms with Crippen LogP contribution in [-0.2, 0) is 16.1 Å². The summed E-state index contributed by atoms with van der Waals surface area (Å²) in [5, 5.41) is 0.189. The van der Waals surface area contributed by atoms with Crippen LogP contribution in [0.15, 0.2) is 41.3 Å². The van der Waals surface area contributed by atoms with Crippen molar-refractivity contribution in [1.82, 2.24) is 4.90 Å². The monoisotopic (exact) mass is 409 g/mol. The number of carbonyl (C=O) groups excluding carboxylic acids is 2. The average molecular weight is 410 g/mol. The fourth-order valence-corrected chi connectivity index (χ4v) is 4.42. The molecule has 6 heteroatoms. The summed E-state index contributed by atoms with van der Waals surface area (Å²) in [4.78, 5) is 28.4. The standard InChI is InChI=1S/C23H23NO4S/c1-13(2)29-21-20(17-7-5-14(3)15(4)9-17)22(25)24(23(21)26)11-16-6-8-18-19(10-16)28-12-27-18/h5-10,13H,11-12H2,1-4H3. The second-order valence-corrected chi connectivity index (χ2v) is 9.14.